The van der Waals surface area contributed by atoms with Crippen LogP contribution in [0.4, 0.5) is 0 Å². The van der Waals surface area contributed by atoms with Crippen molar-refractivity contribution < 1.29 is 9.47 Å². The lowest BCUT2D eigenvalue weighted by atomic mass is 9.84. The Morgan fingerprint density at radius 3 is 2.67 bits per heavy atom. The van der Waals surface area contributed by atoms with Gasteiger partial charge in [0.1, 0.15) is 5.60 Å². The molecule has 0 amide bonds. The van der Waals surface area contributed by atoms with Crippen LogP contribution in [-0.4, -0.2) is 24.5 Å². The second kappa shape index (κ2) is 5.37. The van der Waals surface area contributed by atoms with E-state index in [1.807, 2.05) is 6.07 Å². The van der Waals surface area contributed by atoms with E-state index in [4.69, 9.17) is 14.5 Å². The number of fused-ring (bicyclic) bond motifs is 3. The predicted octanol–water partition coefficient (Wildman–Crippen LogP) is 4.19. The van der Waals surface area contributed by atoms with Crippen molar-refractivity contribution in [2.45, 2.75) is 45.3 Å². The summed E-state index contributed by atoms with van der Waals surface area (Å²) in [6.07, 6.45) is 1.82. The van der Waals surface area contributed by atoms with E-state index in [0.29, 0.717) is 0 Å². The molecule has 0 saturated heterocycles. The van der Waals surface area contributed by atoms with Gasteiger partial charge >= 0.3 is 0 Å². The average molecular weight is 321 g/mol. The summed E-state index contributed by atoms with van der Waals surface area (Å²) in [7, 11) is 1.72. The highest BCUT2D eigenvalue weighted by Crippen LogP contribution is 2.46. The van der Waals surface area contributed by atoms with Crippen LogP contribution in [0.3, 0.4) is 0 Å². The van der Waals surface area contributed by atoms with E-state index in [0.717, 1.165) is 30.1 Å². The SMILES string of the molecule is COc1cc2c(c3c1OC(C)(C)C3)C(c1ccccc1)=NC(C)C2. The second-order valence-electron chi connectivity index (χ2n) is 7.36. The second-order valence-corrected chi connectivity index (χ2v) is 7.36. The topological polar surface area (TPSA) is 30.8 Å². The summed E-state index contributed by atoms with van der Waals surface area (Å²) >= 11 is 0. The summed E-state index contributed by atoms with van der Waals surface area (Å²) < 4.78 is 11.8. The molecule has 0 saturated carbocycles. The van der Waals surface area contributed by atoms with E-state index >= 15 is 0 Å². The molecular formula is C21H23NO2. The molecule has 2 heterocycles. The molecule has 3 nitrogen and oxygen atoms in total. The number of hydrogen-bond donors (Lipinski definition) is 0. The maximum absolute atomic E-state index is 6.21. The molecule has 0 aromatic heterocycles. The van der Waals surface area contributed by atoms with Crippen LogP contribution in [0.15, 0.2) is 41.4 Å². The molecule has 2 aromatic carbocycles. The molecule has 1 atom stereocenters. The molecule has 0 aliphatic carbocycles. The highest BCUT2D eigenvalue weighted by molar-refractivity contribution is 6.15. The summed E-state index contributed by atoms with van der Waals surface area (Å²) in [6.45, 7) is 6.43. The van der Waals surface area contributed by atoms with Crippen molar-refractivity contribution in [3.63, 3.8) is 0 Å². The third-order valence-electron chi connectivity index (χ3n) is 4.78. The third kappa shape index (κ3) is 2.39. The van der Waals surface area contributed by atoms with E-state index in [-0.39, 0.29) is 11.6 Å². The molecule has 0 radical (unpaired) electrons. The van der Waals surface area contributed by atoms with Crippen molar-refractivity contribution in [3.05, 3.63) is 58.7 Å². The lowest BCUT2D eigenvalue weighted by Crippen LogP contribution is -2.25. The zero-order valence-corrected chi connectivity index (χ0v) is 14.7. The van der Waals surface area contributed by atoms with Gasteiger partial charge in [-0.05, 0) is 38.8 Å². The summed E-state index contributed by atoms with van der Waals surface area (Å²) in [5, 5.41) is 0. The molecule has 3 heteroatoms. The van der Waals surface area contributed by atoms with Crippen molar-refractivity contribution in [2.75, 3.05) is 7.11 Å². The average Bonchev–Trinajstić information content (AvgIpc) is 2.89. The molecule has 24 heavy (non-hydrogen) atoms. The minimum absolute atomic E-state index is 0.213. The number of aliphatic imine (C=N–C) groups is 1. The van der Waals surface area contributed by atoms with Crippen molar-refractivity contribution in [3.8, 4) is 11.5 Å². The van der Waals surface area contributed by atoms with E-state index in [2.05, 4.69) is 51.1 Å². The van der Waals surface area contributed by atoms with Crippen molar-refractivity contribution in [1.82, 2.24) is 0 Å². The quantitative estimate of drug-likeness (QED) is 0.830. The van der Waals surface area contributed by atoms with Crippen LogP contribution in [0.1, 0.15) is 43.0 Å². The first-order valence-corrected chi connectivity index (χ1v) is 8.54. The highest BCUT2D eigenvalue weighted by Gasteiger charge is 2.38. The van der Waals surface area contributed by atoms with E-state index < -0.39 is 0 Å². The van der Waals surface area contributed by atoms with E-state index in [1.54, 1.807) is 7.11 Å². The van der Waals surface area contributed by atoms with Crippen LogP contribution in [0, 0.1) is 0 Å². The van der Waals surface area contributed by atoms with E-state index in [1.165, 1.54) is 22.3 Å². The number of nitrogens with zero attached hydrogens (tertiary/aromatic N) is 1. The first kappa shape index (κ1) is 15.3. The van der Waals surface area contributed by atoms with Crippen LogP contribution in [0.5, 0.6) is 11.5 Å². The first-order valence-electron chi connectivity index (χ1n) is 8.54. The van der Waals surface area contributed by atoms with Crippen LogP contribution in [0.2, 0.25) is 0 Å². The lowest BCUT2D eigenvalue weighted by molar-refractivity contribution is 0.134. The smallest absolute Gasteiger partial charge is 0.166 e. The molecule has 2 aliphatic rings. The Morgan fingerprint density at radius 2 is 1.96 bits per heavy atom. The predicted molar refractivity (Wildman–Crippen MR) is 96.7 cm³/mol. The highest BCUT2D eigenvalue weighted by atomic mass is 16.5. The van der Waals surface area contributed by atoms with Gasteiger partial charge in [-0.1, -0.05) is 30.3 Å². The molecule has 0 fully saturated rings. The molecule has 4 rings (SSSR count). The minimum atomic E-state index is -0.213. The largest absolute Gasteiger partial charge is 0.493 e. The van der Waals surface area contributed by atoms with Crippen molar-refractivity contribution in [1.29, 1.82) is 0 Å². The zero-order chi connectivity index (χ0) is 16.9. The molecule has 2 aromatic rings. The Bertz CT molecular complexity index is 821. The molecule has 0 bridgehead atoms. The molecule has 1 unspecified atom stereocenters. The Kier molecular flexibility index (Phi) is 3.41. The summed E-state index contributed by atoms with van der Waals surface area (Å²) in [6, 6.07) is 12.9. The molecule has 124 valence electrons. The number of ether oxygens (including phenoxy) is 2. The molecule has 0 spiro atoms. The Balaban J connectivity index is 1.97. The monoisotopic (exact) mass is 321 g/mol. The van der Waals surface area contributed by atoms with Crippen molar-refractivity contribution in [2.24, 2.45) is 4.99 Å². The van der Waals surface area contributed by atoms with Crippen LogP contribution in [0.25, 0.3) is 0 Å². The molecule has 2 aliphatic heterocycles. The van der Waals surface area contributed by atoms with Gasteiger partial charge in [-0.25, -0.2) is 0 Å². The van der Waals surface area contributed by atoms with Gasteiger partial charge in [-0.15, -0.1) is 0 Å². The van der Waals surface area contributed by atoms with Crippen molar-refractivity contribution >= 4 is 5.71 Å². The lowest BCUT2D eigenvalue weighted by Gasteiger charge is -2.24. The van der Waals surface area contributed by atoms with Gasteiger partial charge in [0.15, 0.2) is 11.5 Å². The maximum Gasteiger partial charge on any atom is 0.166 e. The van der Waals surface area contributed by atoms with Gasteiger partial charge in [-0.3, -0.25) is 4.99 Å². The van der Waals surface area contributed by atoms with Gasteiger partial charge in [0.2, 0.25) is 0 Å². The summed E-state index contributed by atoms with van der Waals surface area (Å²) in [5.74, 6) is 1.73. The van der Waals surface area contributed by atoms with Gasteiger partial charge in [-0.2, -0.15) is 0 Å². The van der Waals surface area contributed by atoms with Crippen LogP contribution in [-0.2, 0) is 12.8 Å². The summed E-state index contributed by atoms with van der Waals surface area (Å²) in [4.78, 5) is 4.99. The normalized spacial score (nSPS) is 20.7. The number of benzene rings is 2. The standard InChI is InChI=1S/C21H23NO2/c1-13-10-15-11-17(23-4)20-16(12-21(2,3)24-20)18(15)19(22-13)14-8-6-5-7-9-14/h5-9,11,13H,10,12H2,1-4H3. The number of hydrogen-bond acceptors (Lipinski definition) is 3. The van der Waals surface area contributed by atoms with Gasteiger partial charge in [0.25, 0.3) is 0 Å². The minimum Gasteiger partial charge on any atom is -0.493 e. The fraction of sp³-hybridized carbons (Fsp3) is 0.381. The van der Waals surface area contributed by atoms with Gasteiger partial charge < -0.3 is 9.47 Å². The Hall–Kier alpha value is -2.29. The summed E-state index contributed by atoms with van der Waals surface area (Å²) in [5.41, 5.74) is 5.85. The third-order valence-corrected chi connectivity index (χ3v) is 4.78. The number of methoxy groups -OCH3 is 1. The van der Waals surface area contributed by atoms with Gasteiger partial charge in [0, 0.05) is 23.1 Å². The van der Waals surface area contributed by atoms with Gasteiger partial charge in [0.05, 0.1) is 18.9 Å². The number of rotatable bonds is 2. The fourth-order valence-corrected chi connectivity index (χ4v) is 3.84. The first-order chi connectivity index (χ1) is 11.5. The maximum atomic E-state index is 6.21. The van der Waals surface area contributed by atoms with E-state index in [9.17, 15) is 0 Å². The molecular weight excluding hydrogens is 298 g/mol. The van der Waals surface area contributed by atoms with Crippen LogP contribution < -0.4 is 9.47 Å². The Morgan fingerprint density at radius 1 is 1.21 bits per heavy atom. The zero-order valence-electron chi connectivity index (χ0n) is 14.7. The van der Waals surface area contributed by atoms with Crippen LogP contribution >= 0.6 is 0 Å². The fourth-order valence-electron chi connectivity index (χ4n) is 3.84. The Labute approximate surface area is 143 Å². The molecule has 0 N–H and O–H groups in total.